The van der Waals surface area contributed by atoms with Gasteiger partial charge >= 0.3 is 0 Å². The van der Waals surface area contributed by atoms with Crippen LogP contribution in [0.2, 0.25) is 0 Å². The zero-order valence-corrected chi connectivity index (χ0v) is 26.8. The number of nitrogens with one attached hydrogen (secondary N) is 4. The van der Waals surface area contributed by atoms with Crippen LogP contribution in [0.1, 0.15) is 43.2 Å². The number of amidine groups is 1. The highest BCUT2D eigenvalue weighted by atomic mass is 32.2. The molecule has 0 aromatic heterocycles. The number of piperazine rings is 1. The lowest BCUT2D eigenvalue weighted by Crippen LogP contribution is -2.51. The van der Waals surface area contributed by atoms with E-state index in [4.69, 9.17) is 11.1 Å². The molecule has 0 unspecified atom stereocenters. The summed E-state index contributed by atoms with van der Waals surface area (Å²) in [6, 6.07) is 11.9. The predicted molar refractivity (Wildman–Crippen MR) is 175 cm³/mol. The molecule has 1 atom stereocenters. The fourth-order valence-electron chi connectivity index (χ4n) is 5.57. The monoisotopic (exact) mass is 645 g/mol. The third-order valence-electron chi connectivity index (χ3n) is 8.02. The largest absolute Gasteiger partial charge is 0.384 e. The van der Waals surface area contributed by atoms with Crippen molar-refractivity contribution in [2.45, 2.75) is 49.5 Å². The van der Waals surface area contributed by atoms with Crippen molar-refractivity contribution in [2.75, 3.05) is 44.7 Å². The van der Waals surface area contributed by atoms with Gasteiger partial charge < -0.3 is 26.2 Å². The van der Waals surface area contributed by atoms with E-state index in [0.29, 0.717) is 55.3 Å². The number of benzene rings is 2. The number of sulfonamides is 1. The van der Waals surface area contributed by atoms with Gasteiger partial charge in [-0.25, -0.2) is 8.42 Å². The lowest BCUT2D eigenvalue weighted by atomic mass is 9.91. The van der Waals surface area contributed by atoms with E-state index in [1.54, 1.807) is 53.2 Å². The van der Waals surface area contributed by atoms with E-state index in [9.17, 15) is 22.8 Å². The van der Waals surface area contributed by atoms with Gasteiger partial charge in [-0.15, -0.1) is 0 Å². The van der Waals surface area contributed by atoms with Gasteiger partial charge in [-0.1, -0.05) is 24.3 Å². The number of nitrogen functional groups attached to an aromatic ring is 1. The zero-order valence-electron chi connectivity index (χ0n) is 25.0. The van der Waals surface area contributed by atoms with Gasteiger partial charge in [-0.05, 0) is 67.9 Å². The van der Waals surface area contributed by atoms with Crippen LogP contribution < -0.4 is 26.0 Å². The molecule has 0 radical (unpaired) electrons. The van der Waals surface area contributed by atoms with E-state index in [1.165, 1.54) is 12.1 Å². The van der Waals surface area contributed by atoms with Crippen LogP contribution in [-0.2, 0) is 30.8 Å². The van der Waals surface area contributed by atoms with Gasteiger partial charge in [0.05, 0.1) is 11.4 Å². The van der Waals surface area contributed by atoms with E-state index >= 15 is 0 Å². The molecule has 2 fully saturated rings. The number of amides is 3. The molecule has 3 amide bonds. The van der Waals surface area contributed by atoms with Gasteiger partial charge in [0.1, 0.15) is 11.9 Å². The molecule has 0 aliphatic carbocycles. The van der Waals surface area contributed by atoms with Crippen molar-refractivity contribution in [1.29, 1.82) is 5.41 Å². The molecular weight excluding hydrogens is 603 g/mol. The topological polar surface area (TPSA) is 178 Å². The Kier molecular flexibility index (Phi) is 12.8. The fourth-order valence-corrected chi connectivity index (χ4v) is 6.80. The van der Waals surface area contributed by atoms with Crippen LogP contribution in [0.5, 0.6) is 0 Å². The molecule has 6 N–H and O–H groups in total. The van der Waals surface area contributed by atoms with Gasteiger partial charge in [0.15, 0.2) is 0 Å². The molecule has 12 nitrogen and oxygen atoms in total. The Labute approximate surface area is 266 Å². The highest BCUT2D eigenvalue weighted by Gasteiger charge is 2.32. The summed E-state index contributed by atoms with van der Waals surface area (Å²) < 4.78 is 30.0. The standard InChI is InChI=1S/C30H41N7O5S.H2S/c1-33-27(38)10-3-5-21-11-14-36(15-12-21)30(40)26(18-22-6-2-7-23(17-22)29(31)32)35-43(41,42)25-9-4-8-24(19-25)37-16-13-34-20-28(37)39;/h2,4,6-9,17,19,21,26,34-35H,3,5,10-16,18,20H2,1H3,(H3,31,32)(H,33,38);1H2/t26-;/m0./s1. The molecule has 2 aromatic rings. The minimum atomic E-state index is -4.16. The Morgan fingerprint density at radius 1 is 1.11 bits per heavy atom. The molecular formula is C30H43N7O5S2. The summed E-state index contributed by atoms with van der Waals surface area (Å²) >= 11 is 0. The SMILES string of the molecule is CNC(=O)CCCC1CCN(C(=O)[C@H](Cc2cccc(C(=N)N)c2)NS(=O)(=O)c2cccc(N3CCNCC3=O)c2)CC1.S. The average Bonchev–Trinajstić information content (AvgIpc) is 3.01. The minimum Gasteiger partial charge on any atom is -0.384 e. The van der Waals surface area contributed by atoms with Gasteiger partial charge in [0.2, 0.25) is 27.7 Å². The van der Waals surface area contributed by atoms with Crippen LogP contribution >= 0.6 is 13.5 Å². The molecule has 2 heterocycles. The Morgan fingerprint density at radius 2 is 1.84 bits per heavy atom. The first-order valence-corrected chi connectivity index (χ1v) is 16.1. The third kappa shape index (κ3) is 9.27. The van der Waals surface area contributed by atoms with Crippen molar-refractivity contribution in [3.63, 3.8) is 0 Å². The lowest BCUT2D eigenvalue weighted by molar-refractivity contribution is -0.134. The van der Waals surface area contributed by atoms with Crippen LogP contribution in [-0.4, -0.2) is 82.7 Å². The Morgan fingerprint density at radius 3 is 2.52 bits per heavy atom. The number of hydrogen-bond donors (Lipinski definition) is 5. The second-order valence-electron chi connectivity index (χ2n) is 11.0. The first kappa shape index (κ1) is 35.0. The number of nitrogens with two attached hydrogens (primary N) is 1. The normalized spacial score (nSPS) is 16.6. The predicted octanol–water partition coefficient (Wildman–Crippen LogP) is 1.06. The summed E-state index contributed by atoms with van der Waals surface area (Å²) in [5, 5.41) is 13.4. The average molecular weight is 646 g/mol. The first-order chi connectivity index (χ1) is 20.6. The molecule has 0 spiro atoms. The second-order valence-corrected chi connectivity index (χ2v) is 12.8. The van der Waals surface area contributed by atoms with Crippen LogP contribution in [0.15, 0.2) is 53.4 Å². The summed E-state index contributed by atoms with van der Waals surface area (Å²) in [7, 11) is -2.54. The van der Waals surface area contributed by atoms with Crippen LogP contribution in [0.3, 0.4) is 0 Å². The molecule has 2 aliphatic heterocycles. The van der Waals surface area contributed by atoms with Gasteiger partial charge in [-0.2, -0.15) is 18.2 Å². The van der Waals surface area contributed by atoms with Gasteiger partial charge in [0, 0.05) is 50.9 Å². The maximum atomic E-state index is 13.9. The number of carbonyl (C=O) groups is 3. The quantitative estimate of drug-likeness (QED) is 0.169. The maximum absolute atomic E-state index is 13.9. The van der Waals surface area contributed by atoms with Crippen molar-refractivity contribution in [3.8, 4) is 0 Å². The smallest absolute Gasteiger partial charge is 0.241 e. The van der Waals surface area contributed by atoms with Crippen molar-refractivity contribution in [2.24, 2.45) is 11.7 Å². The minimum absolute atomic E-state index is 0. The fraction of sp³-hybridized carbons (Fsp3) is 0.467. The number of nitrogens with zero attached hydrogens (tertiary/aromatic N) is 2. The summed E-state index contributed by atoms with van der Waals surface area (Å²) in [6.45, 7) is 2.19. The Hall–Kier alpha value is -3.46. The molecule has 2 saturated heterocycles. The summed E-state index contributed by atoms with van der Waals surface area (Å²) in [5.74, 6) is -0.186. The highest BCUT2D eigenvalue weighted by Crippen LogP contribution is 2.25. The number of hydrogen-bond acceptors (Lipinski definition) is 7. The first-order valence-electron chi connectivity index (χ1n) is 14.6. The summed E-state index contributed by atoms with van der Waals surface area (Å²) in [4.78, 5) is 41.0. The Bertz CT molecular complexity index is 1440. The lowest BCUT2D eigenvalue weighted by Gasteiger charge is -2.34. The molecule has 0 bridgehead atoms. The van der Waals surface area contributed by atoms with E-state index in [0.717, 1.165) is 25.7 Å². The molecule has 4 rings (SSSR count). The van der Waals surface area contributed by atoms with Crippen molar-refractivity contribution in [3.05, 3.63) is 59.7 Å². The summed E-state index contributed by atoms with van der Waals surface area (Å²) in [6.07, 6.45) is 3.78. The number of rotatable bonds is 12. The molecule has 44 heavy (non-hydrogen) atoms. The van der Waals surface area contributed by atoms with Crippen LogP contribution in [0, 0.1) is 11.3 Å². The van der Waals surface area contributed by atoms with E-state index in [-0.39, 0.29) is 54.9 Å². The second kappa shape index (κ2) is 16.0. The van der Waals surface area contributed by atoms with Gasteiger partial charge in [-0.3, -0.25) is 19.8 Å². The highest BCUT2D eigenvalue weighted by molar-refractivity contribution is 7.89. The maximum Gasteiger partial charge on any atom is 0.241 e. The van der Waals surface area contributed by atoms with Crippen molar-refractivity contribution >= 4 is 52.8 Å². The van der Waals surface area contributed by atoms with Crippen LogP contribution in [0.25, 0.3) is 0 Å². The number of carbonyl (C=O) groups excluding carboxylic acids is 3. The third-order valence-corrected chi connectivity index (χ3v) is 9.49. The van der Waals surface area contributed by atoms with E-state index in [1.807, 2.05) is 0 Å². The summed E-state index contributed by atoms with van der Waals surface area (Å²) in [5.41, 5.74) is 7.29. The molecule has 2 aliphatic rings. The van der Waals surface area contributed by atoms with E-state index < -0.39 is 16.1 Å². The van der Waals surface area contributed by atoms with Crippen molar-refractivity contribution < 1.29 is 22.8 Å². The van der Waals surface area contributed by atoms with Crippen molar-refractivity contribution in [1.82, 2.24) is 20.3 Å². The molecule has 14 heteroatoms. The molecule has 240 valence electrons. The number of likely N-dealkylation sites (tertiary alicyclic amines) is 1. The number of piperidine rings is 1. The van der Waals surface area contributed by atoms with Gasteiger partial charge in [0.25, 0.3) is 0 Å². The Balaban J connectivity index is 0.00000529. The number of anilines is 1. The zero-order chi connectivity index (χ0) is 31.0. The van der Waals surface area contributed by atoms with Crippen LogP contribution in [0.4, 0.5) is 5.69 Å². The van der Waals surface area contributed by atoms with E-state index in [2.05, 4.69) is 15.4 Å². The molecule has 2 aromatic carbocycles. The molecule has 0 saturated carbocycles.